The van der Waals surface area contributed by atoms with Crippen LogP contribution in [-0.2, 0) is 4.79 Å². The molecule has 1 aliphatic rings. The molecule has 2 aromatic carbocycles. The summed E-state index contributed by atoms with van der Waals surface area (Å²) in [4.78, 5) is 25.5. The smallest absolute Gasteiger partial charge is 0.253 e. The molecule has 3 rings (SSSR count). The van der Waals surface area contributed by atoms with Crippen LogP contribution in [0.25, 0.3) is 0 Å². The summed E-state index contributed by atoms with van der Waals surface area (Å²) < 4.78 is 0. The quantitative estimate of drug-likeness (QED) is 0.588. The van der Waals surface area contributed by atoms with Gasteiger partial charge in [-0.05, 0) is 43.4 Å². The van der Waals surface area contributed by atoms with Crippen molar-refractivity contribution in [2.45, 2.75) is 37.8 Å². The van der Waals surface area contributed by atoms with Crippen LogP contribution < -0.4 is 16.4 Å². The zero-order valence-corrected chi connectivity index (χ0v) is 17.9. The summed E-state index contributed by atoms with van der Waals surface area (Å²) in [6.07, 6.45) is 2.29. The first-order valence-electron chi connectivity index (χ1n) is 9.54. The van der Waals surface area contributed by atoms with E-state index in [1.54, 1.807) is 24.3 Å². The average molecular weight is 436 g/mol. The second-order valence-electron chi connectivity index (χ2n) is 7.56. The largest absolute Gasteiger partial charge is 0.349 e. The molecule has 0 aromatic heterocycles. The van der Waals surface area contributed by atoms with Gasteiger partial charge in [0.25, 0.3) is 5.91 Å². The number of nitrogens with one attached hydrogen (secondary N) is 2. The number of rotatable bonds is 8. The Morgan fingerprint density at radius 3 is 2.34 bits per heavy atom. The van der Waals surface area contributed by atoms with Crippen molar-refractivity contribution in [1.82, 2.24) is 10.6 Å². The molecular formula is C22H27Cl2N3O2. The number of amides is 2. The van der Waals surface area contributed by atoms with Crippen LogP contribution >= 0.6 is 24.0 Å². The molecular weight excluding hydrogens is 409 g/mol. The van der Waals surface area contributed by atoms with Gasteiger partial charge in [0.15, 0.2) is 0 Å². The van der Waals surface area contributed by atoms with E-state index in [1.165, 1.54) is 0 Å². The second-order valence-corrected chi connectivity index (χ2v) is 7.97. The topological polar surface area (TPSA) is 84.2 Å². The van der Waals surface area contributed by atoms with Crippen molar-refractivity contribution >= 4 is 35.8 Å². The zero-order valence-electron chi connectivity index (χ0n) is 16.4. The Morgan fingerprint density at radius 1 is 1.14 bits per heavy atom. The lowest BCUT2D eigenvalue weighted by molar-refractivity contribution is -0.123. The molecule has 0 heterocycles. The molecule has 1 saturated carbocycles. The van der Waals surface area contributed by atoms with Crippen molar-refractivity contribution in [2.75, 3.05) is 6.54 Å². The van der Waals surface area contributed by atoms with Crippen LogP contribution in [0.15, 0.2) is 54.6 Å². The highest BCUT2D eigenvalue weighted by molar-refractivity contribution is 6.33. The lowest BCUT2D eigenvalue weighted by Gasteiger charge is -2.30. The first-order chi connectivity index (χ1) is 13.4. The highest BCUT2D eigenvalue weighted by atomic mass is 35.5. The third-order valence-corrected chi connectivity index (χ3v) is 5.67. The molecule has 5 nitrogen and oxygen atoms in total. The Balaban J connectivity index is 0.00000300. The standard InChI is InChI=1S/C22H26ClN3O2.ClH/c1-22(14-24,16-11-12-16)26-20(27)13-19(15-7-3-2-4-8-15)25-21(28)17-9-5-6-10-18(17)23;/h2-10,16,19H,11-14,24H2,1H3,(H,25,28)(H,26,27);1H. The van der Waals surface area contributed by atoms with Gasteiger partial charge < -0.3 is 16.4 Å². The normalized spacial score (nSPS) is 16.1. The first-order valence-corrected chi connectivity index (χ1v) is 9.92. The van der Waals surface area contributed by atoms with Gasteiger partial charge in [-0.2, -0.15) is 0 Å². The summed E-state index contributed by atoms with van der Waals surface area (Å²) in [5, 5.41) is 6.42. The van der Waals surface area contributed by atoms with Crippen LogP contribution in [0.5, 0.6) is 0 Å². The summed E-state index contributed by atoms with van der Waals surface area (Å²) in [6.45, 7) is 2.38. The van der Waals surface area contributed by atoms with E-state index in [0.717, 1.165) is 18.4 Å². The van der Waals surface area contributed by atoms with Crippen LogP contribution in [0.2, 0.25) is 5.02 Å². The fraction of sp³-hybridized carbons (Fsp3) is 0.364. The van der Waals surface area contributed by atoms with Gasteiger partial charge in [-0.3, -0.25) is 9.59 Å². The Hall–Kier alpha value is -2.08. The van der Waals surface area contributed by atoms with Gasteiger partial charge in [0, 0.05) is 6.54 Å². The minimum absolute atomic E-state index is 0. The summed E-state index contributed by atoms with van der Waals surface area (Å²) in [7, 11) is 0. The van der Waals surface area contributed by atoms with Gasteiger partial charge in [-0.1, -0.05) is 54.1 Å². The lowest BCUT2D eigenvalue weighted by Crippen LogP contribution is -2.53. The maximum atomic E-state index is 12.8. The molecule has 7 heteroatoms. The molecule has 2 unspecified atom stereocenters. The number of carbonyl (C=O) groups excluding carboxylic acids is 2. The molecule has 29 heavy (non-hydrogen) atoms. The number of benzene rings is 2. The predicted molar refractivity (Wildman–Crippen MR) is 118 cm³/mol. The highest BCUT2D eigenvalue weighted by Gasteiger charge is 2.41. The number of nitrogens with two attached hydrogens (primary N) is 1. The number of hydrogen-bond acceptors (Lipinski definition) is 3. The van der Waals surface area contributed by atoms with Crippen LogP contribution in [0.3, 0.4) is 0 Å². The zero-order chi connectivity index (χ0) is 20.1. The third-order valence-electron chi connectivity index (χ3n) is 5.34. The molecule has 2 amide bonds. The van der Waals surface area contributed by atoms with Crippen molar-refractivity contribution in [3.63, 3.8) is 0 Å². The highest BCUT2D eigenvalue weighted by Crippen LogP contribution is 2.39. The summed E-state index contributed by atoms with van der Waals surface area (Å²) in [5.74, 6) is -0.0152. The van der Waals surface area contributed by atoms with Crippen LogP contribution in [0.1, 0.15) is 48.1 Å². The Morgan fingerprint density at radius 2 is 1.76 bits per heavy atom. The van der Waals surface area contributed by atoms with Gasteiger partial charge in [-0.15, -0.1) is 12.4 Å². The minimum atomic E-state index is -0.466. The lowest BCUT2D eigenvalue weighted by atomic mass is 9.95. The number of carbonyl (C=O) groups is 2. The minimum Gasteiger partial charge on any atom is -0.349 e. The Kier molecular flexibility index (Phi) is 8.08. The Labute approximate surface area is 182 Å². The fourth-order valence-corrected chi connectivity index (χ4v) is 3.64. The van der Waals surface area contributed by atoms with E-state index >= 15 is 0 Å². The molecule has 1 fully saturated rings. The average Bonchev–Trinajstić information content (AvgIpc) is 3.54. The molecule has 156 valence electrons. The SMILES string of the molecule is CC(CN)(NC(=O)CC(NC(=O)c1ccccc1Cl)c1ccccc1)C1CC1.Cl. The molecule has 2 aromatic rings. The molecule has 0 saturated heterocycles. The predicted octanol–water partition coefficient (Wildman–Crippen LogP) is 3.87. The van der Waals surface area contributed by atoms with Gasteiger partial charge in [-0.25, -0.2) is 0 Å². The van der Waals surface area contributed by atoms with E-state index in [-0.39, 0.29) is 30.6 Å². The van der Waals surface area contributed by atoms with Gasteiger partial charge >= 0.3 is 0 Å². The summed E-state index contributed by atoms with van der Waals surface area (Å²) in [6, 6.07) is 15.9. The number of hydrogen-bond donors (Lipinski definition) is 3. The van der Waals surface area contributed by atoms with Crippen LogP contribution in [0, 0.1) is 5.92 Å². The maximum absolute atomic E-state index is 12.8. The van der Waals surface area contributed by atoms with E-state index in [2.05, 4.69) is 10.6 Å². The molecule has 0 aliphatic heterocycles. The molecule has 0 spiro atoms. The van der Waals surface area contributed by atoms with Gasteiger partial charge in [0.2, 0.25) is 5.91 Å². The van der Waals surface area contributed by atoms with E-state index in [0.29, 0.717) is 23.0 Å². The van der Waals surface area contributed by atoms with Crippen LogP contribution in [0.4, 0.5) is 0 Å². The second kappa shape index (κ2) is 10.1. The van der Waals surface area contributed by atoms with Crippen molar-refractivity contribution in [3.8, 4) is 0 Å². The van der Waals surface area contributed by atoms with Crippen molar-refractivity contribution in [3.05, 3.63) is 70.7 Å². The molecule has 4 N–H and O–H groups in total. The molecule has 0 radical (unpaired) electrons. The summed E-state index contributed by atoms with van der Waals surface area (Å²) >= 11 is 6.15. The van der Waals surface area contributed by atoms with Crippen molar-refractivity contribution in [1.29, 1.82) is 0 Å². The fourth-order valence-electron chi connectivity index (χ4n) is 3.41. The number of halogens is 2. The van der Waals surface area contributed by atoms with Crippen molar-refractivity contribution < 1.29 is 9.59 Å². The van der Waals surface area contributed by atoms with E-state index < -0.39 is 11.6 Å². The molecule has 0 bridgehead atoms. The van der Waals surface area contributed by atoms with E-state index in [9.17, 15) is 9.59 Å². The monoisotopic (exact) mass is 435 g/mol. The van der Waals surface area contributed by atoms with E-state index in [4.69, 9.17) is 17.3 Å². The Bertz CT molecular complexity index is 843. The molecule has 2 atom stereocenters. The van der Waals surface area contributed by atoms with Crippen molar-refractivity contribution in [2.24, 2.45) is 11.7 Å². The third kappa shape index (κ3) is 5.95. The van der Waals surface area contributed by atoms with Gasteiger partial charge in [0.05, 0.1) is 28.6 Å². The maximum Gasteiger partial charge on any atom is 0.253 e. The van der Waals surface area contributed by atoms with Gasteiger partial charge in [0.1, 0.15) is 0 Å². The first kappa shape index (κ1) is 23.2. The molecule has 1 aliphatic carbocycles. The summed E-state index contributed by atoms with van der Waals surface area (Å²) in [5.41, 5.74) is 6.76. The van der Waals surface area contributed by atoms with Crippen LogP contribution in [-0.4, -0.2) is 23.9 Å². The van der Waals surface area contributed by atoms with E-state index in [1.807, 2.05) is 37.3 Å².